The van der Waals surface area contributed by atoms with Crippen LogP contribution in [0, 0.1) is 5.41 Å². The Kier molecular flexibility index (Phi) is 5.02. The SMILES string of the molecule is C=Cc1ncc[nH]1.CC1(C(=O)O)C=CC=C(C(=O)O)C1. The van der Waals surface area contributed by atoms with Crippen LogP contribution < -0.4 is 0 Å². The number of allylic oxidation sites excluding steroid dienone is 2. The van der Waals surface area contributed by atoms with Crippen LogP contribution in [0.15, 0.2) is 42.8 Å². The summed E-state index contributed by atoms with van der Waals surface area (Å²) in [4.78, 5) is 28.1. The van der Waals surface area contributed by atoms with Crippen LogP contribution in [0.25, 0.3) is 6.08 Å². The lowest BCUT2D eigenvalue weighted by Gasteiger charge is -2.23. The third-order valence-electron chi connectivity index (χ3n) is 2.80. The molecule has 20 heavy (non-hydrogen) atoms. The van der Waals surface area contributed by atoms with Crippen LogP contribution in [0.2, 0.25) is 0 Å². The van der Waals surface area contributed by atoms with Crippen molar-refractivity contribution >= 4 is 18.0 Å². The van der Waals surface area contributed by atoms with Crippen LogP contribution in [0.4, 0.5) is 0 Å². The molecule has 106 valence electrons. The molecule has 0 aliphatic heterocycles. The molecule has 1 aliphatic rings. The van der Waals surface area contributed by atoms with E-state index in [4.69, 9.17) is 10.2 Å². The average molecular weight is 276 g/mol. The fraction of sp³-hybridized carbons (Fsp3) is 0.214. The number of nitrogens with zero attached hydrogens (tertiary/aromatic N) is 1. The van der Waals surface area contributed by atoms with Crippen molar-refractivity contribution in [1.82, 2.24) is 9.97 Å². The number of aliphatic carboxylic acids is 2. The molecule has 1 atom stereocenters. The van der Waals surface area contributed by atoms with E-state index in [0.29, 0.717) is 0 Å². The molecule has 0 saturated heterocycles. The summed E-state index contributed by atoms with van der Waals surface area (Å²) in [6, 6.07) is 0. The first-order valence-corrected chi connectivity index (χ1v) is 5.86. The van der Waals surface area contributed by atoms with Crippen LogP contribution in [0.5, 0.6) is 0 Å². The zero-order chi connectivity index (χ0) is 15.2. The van der Waals surface area contributed by atoms with E-state index in [9.17, 15) is 9.59 Å². The maximum atomic E-state index is 10.8. The van der Waals surface area contributed by atoms with E-state index >= 15 is 0 Å². The maximum absolute atomic E-state index is 10.8. The molecule has 6 heteroatoms. The summed E-state index contributed by atoms with van der Waals surface area (Å²) in [5, 5.41) is 17.5. The van der Waals surface area contributed by atoms with Gasteiger partial charge in [0.25, 0.3) is 0 Å². The second kappa shape index (κ2) is 6.51. The van der Waals surface area contributed by atoms with Gasteiger partial charge in [-0.1, -0.05) is 24.8 Å². The first-order chi connectivity index (χ1) is 9.39. The lowest BCUT2D eigenvalue weighted by molar-refractivity contribution is -0.145. The predicted molar refractivity (Wildman–Crippen MR) is 73.9 cm³/mol. The predicted octanol–water partition coefficient (Wildman–Crippen LogP) is 2.10. The van der Waals surface area contributed by atoms with Gasteiger partial charge in [-0.05, 0) is 19.4 Å². The lowest BCUT2D eigenvalue weighted by Crippen LogP contribution is -2.28. The molecule has 2 rings (SSSR count). The molecule has 0 spiro atoms. The number of hydrogen-bond acceptors (Lipinski definition) is 3. The average Bonchev–Trinajstić information content (AvgIpc) is 2.92. The van der Waals surface area contributed by atoms with E-state index in [-0.39, 0.29) is 12.0 Å². The van der Waals surface area contributed by atoms with Crippen LogP contribution in [-0.2, 0) is 9.59 Å². The first-order valence-electron chi connectivity index (χ1n) is 5.86. The number of rotatable bonds is 3. The van der Waals surface area contributed by atoms with E-state index in [1.807, 2.05) is 0 Å². The summed E-state index contributed by atoms with van der Waals surface area (Å²) in [7, 11) is 0. The monoisotopic (exact) mass is 276 g/mol. The van der Waals surface area contributed by atoms with Gasteiger partial charge < -0.3 is 15.2 Å². The van der Waals surface area contributed by atoms with Crippen molar-refractivity contribution in [2.75, 3.05) is 0 Å². The number of aromatic amines is 1. The van der Waals surface area contributed by atoms with Gasteiger partial charge in [-0.2, -0.15) is 0 Å². The normalized spacial score (nSPS) is 20.4. The number of imidazole rings is 1. The Labute approximate surface area is 116 Å². The number of nitrogens with one attached hydrogen (secondary N) is 1. The fourth-order valence-corrected chi connectivity index (χ4v) is 1.57. The number of carbonyl (C=O) groups is 2. The number of carboxylic acid groups (broad SMARTS) is 2. The Bertz CT molecular complexity index is 558. The van der Waals surface area contributed by atoms with Gasteiger partial charge in [0.1, 0.15) is 5.82 Å². The Morgan fingerprint density at radius 2 is 2.20 bits per heavy atom. The largest absolute Gasteiger partial charge is 0.481 e. The zero-order valence-electron chi connectivity index (χ0n) is 11.0. The van der Waals surface area contributed by atoms with Crippen LogP contribution in [0.3, 0.4) is 0 Å². The molecular weight excluding hydrogens is 260 g/mol. The van der Waals surface area contributed by atoms with Crippen LogP contribution >= 0.6 is 0 Å². The van der Waals surface area contributed by atoms with Gasteiger partial charge in [0, 0.05) is 18.0 Å². The number of aromatic nitrogens is 2. The minimum Gasteiger partial charge on any atom is -0.481 e. The number of H-pyrrole nitrogens is 1. The summed E-state index contributed by atoms with van der Waals surface area (Å²) in [6.07, 6.45) is 9.55. The second-order valence-corrected chi connectivity index (χ2v) is 4.43. The van der Waals surface area contributed by atoms with Crippen molar-refractivity contribution in [3.8, 4) is 0 Å². The molecule has 1 aromatic heterocycles. The first kappa shape index (κ1) is 15.4. The Morgan fingerprint density at radius 1 is 1.50 bits per heavy atom. The minimum atomic E-state index is -1.08. The standard InChI is InChI=1S/C9H10O4.C5H6N2/c1-9(8(12)13)4-2-3-6(5-9)7(10)11;1-2-5-6-3-4-7-5/h2-4H,5H2,1H3,(H,10,11)(H,12,13);2-4H,1H2,(H,6,7). The smallest absolute Gasteiger partial charge is 0.331 e. The van der Waals surface area contributed by atoms with E-state index in [1.54, 1.807) is 18.5 Å². The van der Waals surface area contributed by atoms with Gasteiger partial charge >= 0.3 is 11.9 Å². The number of carboxylic acids is 2. The molecule has 0 saturated carbocycles. The van der Waals surface area contributed by atoms with Crippen LogP contribution in [0.1, 0.15) is 19.2 Å². The lowest BCUT2D eigenvalue weighted by atomic mass is 9.80. The minimum absolute atomic E-state index is 0.0359. The quantitative estimate of drug-likeness (QED) is 0.784. The van der Waals surface area contributed by atoms with E-state index in [2.05, 4.69) is 16.5 Å². The molecule has 0 radical (unpaired) electrons. The fourth-order valence-electron chi connectivity index (χ4n) is 1.57. The molecular formula is C14H16N2O4. The van der Waals surface area contributed by atoms with Crippen molar-refractivity contribution in [1.29, 1.82) is 0 Å². The summed E-state index contributed by atoms with van der Waals surface area (Å²) < 4.78 is 0. The molecule has 1 heterocycles. The third-order valence-corrected chi connectivity index (χ3v) is 2.80. The van der Waals surface area contributed by atoms with Gasteiger partial charge in [0.05, 0.1) is 5.41 Å². The summed E-state index contributed by atoms with van der Waals surface area (Å²) in [5.41, 5.74) is -0.949. The molecule has 0 amide bonds. The summed E-state index contributed by atoms with van der Waals surface area (Å²) in [5.74, 6) is -1.24. The highest BCUT2D eigenvalue weighted by atomic mass is 16.4. The van der Waals surface area contributed by atoms with Gasteiger partial charge in [-0.15, -0.1) is 0 Å². The summed E-state index contributed by atoms with van der Waals surface area (Å²) in [6.45, 7) is 5.01. The third kappa shape index (κ3) is 3.94. The highest BCUT2D eigenvalue weighted by Gasteiger charge is 2.34. The van der Waals surface area contributed by atoms with Gasteiger partial charge in [-0.25, -0.2) is 9.78 Å². The van der Waals surface area contributed by atoms with Crippen molar-refractivity contribution < 1.29 is 19.8 Å². The molecule has 3 N–H and O–H groups in total. The van der Waals surface area contributed by atoms with E-state index in [0.717, 1.165) is 5.82 Å². The molecule has 0 aromatic carbocycles. The Morgan fingerprint density at radius 3 is 2.60 bits per heavy atom. The molecule has 1 aliphatic carbocycles. The molecule has 1 unspecified atom stereocenters. The Balaban J connectivity index is 0.000000240. The van der Waals surface area contributed by atoms with E-state index in [1.165, 1.54) is 25.2 Å². The molecule has 0 bridgehead atoms. The summed E-state index contributed by atoms with van der Waals surface area (Å²) >= 11 is 0. The Hall–Kier alpha value is -2.63. The maximum Gasteiger partial charge on any atom is 0.331 e. The van der Waals surface area contributed by atoms with E-state index < -0.39 is 17.4 Å². The van der Waals surface area contributed by atoms with Gasteiger partial charge in [-0.3, -0.25) is 4.79 Å². The highest BCUT2D eigenvalue weighted by Crippen LogP contribution is 2.31. The second-order valence-electron chi connectivity index (χ2n) is 4.43. The van der Waals surface area contributed by atoms with Crippen molar-refractivity contribution in [2.45, 2.75) is 13.3 Å². The zero-order valence-corrected chi connectivity index (χ0v) is 11.0. The molecule has 1 aromatic rings. The van der Waals surface area contributed by atoms with Crippen molar-refractivity contribution in [3.63, 3.8) is 0 Å². The number of hydrogen-bond donors (Lipinski definition) is 3. The van der Waals surface area contributed by atoms with Crippen LogP contribution in [-0.4, -0.2) is 32.1 Å². The topological polar surface area (TPSA) is 103 Å². The van der Waals surface area contributed by atoms with Gasteiger partial charge in [0.15, 0.2) is 0 Å². The molecule has 0 fully saturated rings. The highest BCUT2D eigenvalue weighted by molar-refractivity contribution is 5.90. The van der Waals surface area contributed by atoms with Crippen molar-refractivity contribution in [3.05, 3.63) is 48.6 Å². The van der Waals surface area contributed by atoms with Gasteiger partial charge in [0.2, 0.25) is 0 Å². The molecule has 6 nitrogen and oxygen atoms in total. The van der Waals surface area contributed by atoms with Crippen molar-refractivity contribution in [2.24, 2.45) is 5.41 Å².